The van der Waals surface area contributed by atoms with Gasteiger partial charge in [-0.1, -0.05) is 0 Å². The lowest BCUT2D eigenvalue weighted by Gasteiger charge is -2.18. The fourth-order valence-electron chi connectivity index (χ4n) is 2.09. The van der Waals surface area contributed by atoms with Crippen LogP contribution in [0.3, 0.4) is 0 Å². The van der Waals surface area contributed by atoms with E-state index in [1.807, 2.05) is 11.9 Å². The third-order valence-electron chi connectivity index (χ3n) is 2.88. The van der Waals surface area contributed by atoms with Crippen molar-refractivity contribution in [3.63, 3.8) is 0 Å². The first-order valence-corrected chi connectivity index (χ1v) is 4.82. The smallest absolute Gasteiger partial charge is 0.417 e. The fraction of sp³-hybridized carbons (Fsp3) is 0.778. The highest BCUT2D eigenvalue weighted by Gasteiger charge is 2.56. The predicted octanol–water partition coefficient (Wildman–Crippen LogP) is 0.481. The molecule has 0 aliphatic carbocycles. The molecule has 5 nitrogen and oxygen atoms in total. The number of ether oxygens (including phenoxy) is 1. The number of hydrogen-bond acceptors (Lipinski definition) is 4. The van der Waals surface area contributed by atoms with Gasteiger partial charge in [0, 0.05) is 26.1 Å². The van der Waals surface area contributed by atoms with Crippen LogP contribution in [0.15, 0.2) is 0 Å². The fourth-order valence-corrected chi connectivity index (χ4v) is 2.09. The Kier molecular flexibility index (Phi) is 3.25. The van der Waals surface area contributed by atoms with Crippen LogP contribution >= 0.6 is 12.4 Å². The Bertz CT molecular complexity index is 297. The molecule has 2 saturated heterocycles. The molecule has 0 aromatic carbocycles. The molecule has 86 valence electrons. The van der Waals surface area contributed by atoms with Crippen LogP contribution in [-0.2, 0) is 9.53 Å². The minimum atomic E-state index is -0.873. The van der Waals surface area contributed by atoms with Gasteiger partial charge in [0.2, 0.25) is 5.60 Å². The zero-order chi connectivity index (χ0) is 10.3. The maximum absolute atomic E-state index is 11.9. The minimum absolute atomic E-state index is 0. The molecule has 2 aliphatic rings. The van der Waals surface area contributed by atoms with Crippen molar-refractivity contribution in [3.8, 4) is 0 Å². The number of imide groups is 1. The van der Waals surface area contributed by atoms with Gasteiger partial charge >= 0.3 is 6.09 Å². The molecular formula is C9H15ClN2O3. The second-order valence-electron chi connectivity index (χ2n) is 3.90. The van der Waals surface area contributed by atoms with Gasteiger partial charge < -0.3 is 9.64 Å². The highest BCUT2D eigenvalue weighted by Crippen LogP contribution is 2.32. The molecule has 0 bridgehead atoms. The van der Waals surface area contributed by atoms with Crippen LogP contribution in [-0.4, -0.2) is 54.1 Å². The quantitative estimate of drug-likeness (QED) is 0.662. The average molecular weight is 235 g/mol. The first-order valence-electron chi connectivity index (χ1n) is 4.82. The van der Waals surface area contributed by atoms with Crippen LogP contribution in [0, 0.1) is 0 Å². The van der Waals surface area contributed by atoms with E-state index in [1.165, 1.54) is 4.90 Å². The number of nitrogens with zero attached hydrogens (tertiary/aromatic N) is 2. The van der Waals surface area contributed by atoms with Crippen LogP contribution in [0.2, 0.25) is 0 Å². The normalized spacial score (nSPS) is 30.9. The summed E-state index contributed by atoms with van der Waals surface area (Å²) in [5, 5.41) is 0. The molecule has 1 unspecified atom stereocenters. The number of likely N-dealkylation sites (tertiary alicyclic amines) is 1. The van der Waals surface area contributed by atoms with Gasteiger partial charge in [-0.3, -0.25) is 4.79 Å². The standard InChI is InChI=1S/C9H14N2O3.ClH/c1-3-11-7(12)9(14-8(11)13)4-5-10(2)6-9;/h3-6H2,1-2H3;1H. The number of hydrogen-bond donors (Lipinski definition) is 0. The van der Waals surface area contributed by atoms with E-state index in [0.717, 1.165) is 6.54 Å². The van der Waals surface area contributed by atoms with Crippen molar-refractivity contribution in [1.29, 1.82) is 0 Å². The van der Waals surface area contributed by atoms with E-state index in [-0.39, 0.29) is 18.3 Å². The highest BCUT2D eigenvalue weighted by molar-refractivity contribution is 6.03. The SMILES string of the molecule is CCN1C(=O)OC2(CCN(C)C2)C1=O.Cl. The number of carbonyl (C=O) groups excluding carboxylic acids is 2. The van der Waals surface area contributed by atoms with Crippen LogP contribution in [0.4, 0.5) is 4.79 Å². The average Bonchev–Trinajstić information content (AvgIpc) is 2.58. The predicted molar refractivity (Wildman–Crippen MR) is 56.0 cm³/mol. The summed E-state index contributed by atoms with van der Waals surface area (Å²) < 4.78 is 5.19. The Morgan fingerprint density at radius 1 is 1.47 bits per heavy atom. The third-order valence-corrected chi connectivity index (χ3v) is 2.88. The number of carbonyl (C=O) groups is 2. The zero-order valence-corrected chi connectivity index (χ0v) is 9.67. The van der Waals surface area contributed by atoms with E-state index in [2.05, 4.69) is 0 Å². The molecule has 15 heavy (non-hydrogen) atoms. The molecule has 2 fully saturated rings. The molecule has 2 aliphatic heterocycles. The number of rotatable bonds is 1. The maximum Gasteiger partial charge on any atom is 0.417 e. The van der Waals surface area contributed by atoms with E-state index in [9.17, 15) is 9.59 Å². The van der Waals surface area contributed by atoms with Gasteiger partial charge in [-0.25, -0.2) is 9.69 Å². The second-order valence-corrected chi connectivity index (χ2v) is 3.90. The lowest BCUT2D eigenvalue weighted by molar-refractivity contribution is -0.135. The largest absolute Gasteiger partial charge is 0.431 e. The molecule has 0 N–H and O–H groups in total. The molecule has 1 atom stereocenters. The molecule has 0 radical (unpaired) electrons. The summed E-state index contributed by atoms with van der Waals surface area (Å²) in [7, 11) is 1.92. The summed E-state index contributed by atoms with van der Waals surface area (Å²) in [5.41, 5.74) is -0.873. The summed E-state index contributed by atoms with van der Waals surface area (Å²) in [6.07, 6.45) is 0.123. The van der Waals surface area contributed by atoms with Crippen molar-refractivity contribution in [2.75, 3.05) is 26.7 Å². The molecule has 6 heteroatoms. The minimum Gasteiger partial charge on any atom is -0.431 e. The lowest BCUT2D eigenvalue weighted by Crippen LogP contribution is -2.42. The molecule has 2 rings (SSSR count). The third kappa shape index (κ3) is 1.70. The zero-order valence-electron chi connectivity index (χ0n) is 8.86. The van der Waals surface area contributed by atoms with Gasteiger partial charge in [-0.2, -0.15) is 0 Å². The van der Waals surface area contributed by atoms with Gasteiger partial charge in [0.25, 0.3) is 5.91 Å². The first kappa shape index (κ1) is 12.3. The maximum atomic E-state index is 11.9. The molecule has 0 aromatic heterocycles. The van der Waals surface area contributed by atoms with Crippen molar-refractivity contribution in [2.24, 2.45) is 0 Å². The van der Waals surface area contributed by atoms with E-state index in [0.29, 0.717) is 19.5 Å². The highest BCUT2D eigenvalue weighted by atomic mass is 35.5. The van der Waals surface area contributed by atoms with E-state index in [4.69, 9.17) is 4.74 Å². The van der Waals surface area contributed by atoms with Gasteiger partial charge in [-0.05, 0) is 14.0 Å². The van der Waals surface area contributed by atoms with Gasteiger partial charge in [-0.15, -0.1) is 12.4 Å². The van der Waals surface area contributed by atoms with Gasteiger partial charge in [0.15, 0.2) is 0 Å². The summed E-state index contributed by atoms with van der Waals surface area (Å²) >= 11 is 0. The van der Waals surface area contributed by atoms with Crippen LogP contribution < -0.4 is 0 Å². The second kappa shape index (κ2) is 3.98. The molecule has 0 aromatic rings. The monoisotopic (exact) mass is 234 g/mol. The van der Waals surface area contributed by atoms with Crippen molar-refractivity contribution in [3.05, 3.63) is 0 Å². The van der Waals surface area contributed by atoms with Gasteiger partial charge in [0.1, 0.15) is 0 Å². The Morgan fingerprint density at radius 2 is 2.13 bits per heavy atom. The Labute approximate surface area is 94.8 Å². The molecule has 1 spiro atoms. The van der Waals surface area contributed by atoms with Crippen molar-refractivity contribution in [1.82, 2.24) is 9.80 Å². The van der Waals surface area contributed by atoms with Crippen molar-refractivity contribution < 1.29 is 14.3 Å². The van der Waals surface area contributed by atoms with E-state index >= 15 is 0 Å². The molecular weight excluding hydrogens is 220 g/mol. The molecule has 0 saturated carbocycles. The van der Waals surface area contributed by atoms with E-state index in [1.54, 1.807) is 6.92 Å². The summed E-state index contributed by atoms with van der Waals surface area (Å²) in [6.45, 7) is 3.49. The lowest BCUT2D eigenvalue weighted by atomic mass is 10.0. The molecule has 2 amide bonds. The summed E-state index contributed by atoms with van der Waals surface area (Å²) in [4.78, 5) is 26.4. The number of likely N-dealkylation sites (N-methyl/N-ethyl adjacent to an activating group) is 2. The van der Waals surface area contributed by atoms with Crippen LogP contribution in [0.5, 0.6) is 0 Å². The van der Waals surface area contributed by atoms with Crippen LogP contribution in [0.1, 0.15) is 13.3 Å². The Morgan fingerprint density at radius 3 is 2.53 bits per heavy atom. The van der Waals surface area contributed by atoms with Crippen molar-refractivity contribution in [2.45, 2.75) is 18.9 Å². The van der Waals surface area contributed by atoms with Crippen LogP contribution in [0.25, 0.3) is 0 Å². The number of halogens is 1. The Balaban J connectivity index is 0.00000112. The topological polar surface area (TPSA) is 49.9 Å². The molecule has 2 heterocycles. The van der Waals surface area contributed by atoms with E-state index < -0.39 is 11.7 Å². The summed E-state index contributed by atoms with van der Waals surface area (Å²) in [5.74, 6) is -0.172. The first-order chi connectivity index (χ1) is 6.59. The summed E-state index contributed by atoms with van der Waals surface area (Å²) in [6, 6.07) is 0. The van der Waals surface area contributed by atoms with Crippen molar-refractivity contribution >= 4 is 24.4 Å². The number of amides is 2. The Hall–Kier alpha value is -0.810. The van der Waals surface area contributed by atoms with Gasteiger partial charge in [0.05, 0.1) is 0 Å².